The number of hydrogen-bond acceptors (Lipinski definition) is 27. The average molecular weight is 1300 g/mol. The van der Waals surface area contributed by atoms with Crippen molar-refractivity contribution >= 4 is 17.9 Å². The van der Waals surface area contributed by atoms with Gasteiger partial charge in [-0.05, 0) is 60.3 Å². The standard InChI is InChI=1S/C63H110O27/c1-8-10-12-13-14-15-18-21-25-29-41(67)84-55-50(76)52(88-63-57(90-59-48(74)46(72)44(70)39(31-64)82-59)53(43(69)35(5)78-63)86-58(77)33(3)34(4)66)37(7)79-60(55)87-51-36(6)80-61-56(49(51)75)85-42(68)30-26-22-19-16-17-20-24-28-38(27-23-11-9-2)81-62-54(89-61)47(73)45(71)40(32-65)83-62/h33-40,43-57,59-66,69-76H,8-32H2,1-7H3/t33?,34?,35-,36-,37-,38?,39+,40+,43-,44+,45+,46-,47-,48+,49+,50+,51-,52-,53+,54+,55+,56+,57+,59-,60-,61+,62+,63-/m0/s1. The first-order valence-electron chi connectivity index (χ1n) is 33.5. The number of rotatable bonds is 26. The van der Waals surface area contributed by atoms with Crippen molar-refractivity contribution < 1.29 is 132 Å². The lowest BCUT2D eigenvalue weighted by Gasteiger charge is -2.50. The molecule has 3 unspecified atom stereocenters. The van der Waals surface area contributed by atoms with Gasteiger partial charge in [-0.1, -0.05) is 123 Å². The van der Waals surface area contributed by atoms with Gasteiger partial charge >= 0.3 is 17.9 Å². The van der Waals surface area contributed by atoms with E-state index < -0.39 is 197 Å². The molecule has 6 saturated heterocycles. The Morgan fingerprint density at radius 2 is 1.02 bits per heavy atom. The Morgan fingerprint density at radius 1 is 0.489 bits per heavy atom. The second-order valence-corrected chi connectivity index (χ2v) is 25.6. The molecule has 524 valence electrons. The summed E-state index contributed by atoms with van der Waals surface area (Å²) in [5.74, 6) is -3.67. The van der Waals surface area contributed by atoms with Gasteiger partial charge in [0.25, 0.3) is 0 Å². The summed E-state index contributed by atoms with van der Waals surface area (Å²) in [6, 6.07) is 0. The predicted molar refractivity (Wildman–Crippen MR) is 315 cm³/mol. The number of fused-ring (bicyclic) bond motifs is 2. The highest BCUT2D eigenvalue weighted by Crippen LogP contribution is 2.39. The first kappa shape index (κ1) is 76.6. The van der Waals surface area contributed by atoms with Crippen LogP contribution in [0.5, 0.6) is 0 Å². The van der Waals surface area contributed by atoms with E-state index in [0.717, 1.165) is 103 Å². The third-order valence-electron chi connectivity index (χ3n) is 18.3. The fourth-order valence-electron chi connectivity index (χ4n) is 12.4. The average Bonchev–Trinajstić information content (AvgIpc) is 1.04. The number of unbranched alkanes of at least 4 members (excludes halogenated alkanes) is 10. The maximum absolute atomic E-state index is 14.0. The van der Waals surface area contributed by atoms with E-state index in [1.165, 1.54) is 34.6 Å². The van der Waals surface area contributed by atoms with E-state index in [9.17, 15) is 70.6 Å². The second-order valence-electron chi connectivity index (χ2n) is 25.6. The zero-order valence-corrected chi connectivity index (χ0v) is 53.8. The van der Waals surface area contributed by atoms with Crippen molar-refractivity contribution in [1.29, 1.82) is 0 Å². The summed E-state index contributed by atoms with van der Waals surface area (Å²) in [6.07, 6.45) is -24.9. The molecule has 90 heavy (non-hydrogen) atoms. The molecule has 6 aliphatic heterocycles. The summed E-state index contributed by atoms with van der Waals surface area (Å²) in [6.45, 7) is 9.79. The van der Waals surface area contributed by atoms with Crippen LogP contribution in [-0.2, 0) is 76.0 Å². The van der Waals surface area contributed by atoms with Gasteiger partial charge in [0.15, 0.2) is 55.9 Å². The van der Waals surface area contributed by atoms with Crippen LogP contribution in [0.1, 0.15) is 196 Å². The van der Waals surface area contributed by atoms with Gasteiger partial charge in [0.2, 0.25) is 0 Å². The Hall–Kier alpha value is -2.43. The van der Waals surface area contributed by atoms with Crippen molar-refractivity contribution in [2.45, 2.75) is 362 Å². The fourth-order valence-corrected chi connectivity index (χ4v) is 12.4. The quantitative estimate of drug-likeness (QED) is 0.0336. The van der Waals surface area contributed by atoms with E-state index >= 15 is 0 Å². The Balaban J connectivity index is 1.31. The molecule has 6 rings (SSSR count). The molecule has 0 aromatic heterocycles. The van der Waals surface area contributed by atoms with Crippen LogP contribution in [0.15, 0.2) is 0 Å². The summed E-state index contributed by atoms with van der Waals surface area (Å²) < 4.78 is 80.9. The summed E-state index contributed by atoms with van der Waals surface area (Å²) in [5, 5.41) is 123. The molecule has 0 radical (unpaired) electrons. The Labute approximate surface area is 529 Å². The van der Waals surface area contributed by atoms with Gasteiger partial charge in [0, 0.05) is 12.8 Å². The molecule has 0 bridgehead atoms. The zero-order chi connectivity index (χ0) is 65.8. The van der Waals surface area contributed by atoms with Crippen molar-refractivity contribution in [3.63, 3.8) is 0 Å². The van der Waals surface area contributed by atoms with Crippen LogP contribution >= 0.6 is 0 Å². The molecule has 27 nitrogen and oxygen atoms in total. The molecule has 0 saturated carbocycles. The summed E-state index contributed by atoms with van der Waals surface area (Å²) >= 11 is 0. The summed E-state index contributed by atoms with van der Waals surface area (Å²) in [5.41, 5.74) is 0. The largest absolute Gasteiger partial charge is 0.456 e. The lowest BCUT2D eigenvalue weighted by atomic mass is 9.95. The van der Waals surface area contributed by atoms with Crippen LogP contribution in [0.25, 0.3) is 0 Å². The number of carbonyl (C=O) groups is 3. The zero-order valence-electron chi connectivity index (χ0n) is 53.8. The highest BCUT2D eigenvalue weighted by molar-refractivity contribution is 5.73. The molecule has 6 fully saturated rings. The van der Waals surface area contributed by atoms with E-state index in [1.54, 1.807) is 0 Å². The van der Waals surface area contributed by atoms with E-state index in [1.807, 2.05) is 0 Å². The van der Waals surface area contributed by atoms with Crippen molar-refractivity contribution in [1.82, 2.24) is 0 Å². The minimum Gasteiger partial charge on any atom is -0.456 e. The maximum Gasteiger partial charge on any atom is 0.311 e. The highest BCUT2D eigenvalue weighted by Gasteiger charge is 2.58. The third kappa shape index (κ3) is 21.3. The van der Waals surface area contributed by atoms with Crippen molar-refractivity contribution in [2.24, 2.45) is 5.92 Å². The molecular formula is C63H110O27. The van der Waals surface area contributed by atoms with Gasteiger partial charge in [0.05, 0.1) is 49.7 Å². The summed E-state index contributed by atoms with van der Waals surface area (Å²) in [4.78, 5) is 41.4. The van der Waals surface area contributed by atoms with Gasteiger partial charge in [-0.15, -0.1) is 0 Å². The molecule has 11 N–H and O–H groups in total. The van der Waals surface area contributed by atoms with E-state index in [-0.39, 0.29) is 18.9 Å². The minimum atomic E-state index is -2.02. The van der Waals surface area contributed by atoms with Crippen molar-refractivity contribution in [2.75, 3.05) is 13.2 Å². The monoisotopic (exact) mass is 1300 g/mol. The van der Waals surface area contributed by atoms with Crippen LogP contribution < -0.4 is 0 Å². The molecule has 0 spiro atoms. The van der Waals surface area contributed by atoms with Gasteiger partial charge in [-0.3, -0.25) is 14.4 Å². The van der Waals surface area contributed by atoms with Gasteiger partial charge in [-0.25, -0.2) is 0 Å². The number of hydrogen-bond donors (Lipinski definition) is 11. The molecular weight excluding hydrogens is 1190 g/mol. The van der Waals surface area contributed by atoms with Gasteiger partial charge in [0.1, 0.15) is 79.4 Å². The van der Waals surface area contributed by atoms with Crippen LogP contribution in [0.4, 0.5) is 0 Å². The van der Waals surface area contributed by atoms with E-state index in [4.69, 9.17) is 61.6 Å². The second kappa shape index (κ2) is 38.3. The minimum absolute atomic E-state index is 0.0525. The molecule has 27 heteroatoms. The Bertz CT molecular complexity index is 2060. The third-order valence-corrected chi connectivity index (χ3v) is 18.3. The SMILES string of the molecule is CCCCCCCCCCCC(=O)O[C@H]1[C@H](O[C@@H]2[C@@H](O)[C@H]3OC(=O)CCCCCCCCCC(CCCCC)O[C@@H]4O[C@H](CO)[C@@H](O)[C@H](O)[C@H]4O[C@H]3O[C@H]2C)O[C@@H](C)[C@H](O[C@@H]2O[C@@H](C)[C@H](O)[C@@H](OC(=O)C(C)C(C)O)[C@H]2O[C@@H]2O[C@H](CO)[C@@H](O)[C@H](O)[C@H]2O)[C@H]1O. The predicted octanol–water partition coefficient (Wildman–Crippen LogP) is 2.25. The number of carbonyl (C=O) groups excluding carboxylic acids is 3. The number of aliphatic hydroxyl groups is 11. The van der Waals surface area contributed by atoms with E-state index in [2.05, 4.69) is 13.8 Å². The first-order chi connectivity index (χ1) is 43.0. The first-order valence-corrected chi connectivity index (χ1v) is 33.5. The molecule has 0 aromatic rings. The molecule has 6 aliphatic rings. The normalized spacial score (nSPS) is 41.0. The number of esters is 3. The topological polar surface area (TPSA) is 394 Å². The highest BCUT2D eigenvalue weighted by atomic mass is 16.8. The van der Waals surface area contributed by atoms with Crippen LogP contribution in [0.3, 0.4) is 0 Å². The van der Waals surface area contributed by atoms with Crippen LogP contribution in [-0.4, -0.2) is 253 Å². The van der Waals surface area contributed by atoms with Crippen LogP contribution in [0.2, 0.25) is 0 Å². The van der Waals surface area contributed by atoms with Crippen molar-refractivity contribution in [3.05, 3.63) is 0 Å². The smallest absolute Gasteiger partial charge is 0.311 e. The Morgan fingerprint density at radius 3 is 1.67 bits per heavy atom. The molecule has 28 atom stereocenters. The lowest BCUT2D eigenvalue weighted by Crippen LogP contribution is -2.68. The maximum atomic E-state index is 14.0. The molecule has 0 aromatic carbocycles. The van der Waals surface area contributed by atoms with Gasteiger partial charge < -0.3 is 118 Å². The molecule has 6 heterocycles. The number of ether oxygens (including phenoxy) is 13. The number of aliphatic hydroxyl groups excluding tert-OH is 11. The van der Waals surface area contributed by atoms with Crippen molar-refractivity contribution in [3.8, 4) is 0 Å². The van der Waals surface area contributed by atoms with Crippen LogP contribution in [0, 0.1) is 5.92 Å². The fraction of sp³-hybridized carbons (Fsp3) is 0.952. The lowest BCUT2D eigenvalue weighted by molar-refractivity contribution is -0.396. The Kier molecular flexibility index (Phi) is 32.6. The van der Waals surface area contributed by atoms with E-state index in [0.29, 0.717) is 32.1 Å². The molecule has 0 aliphatic carbocycles. The molecule has 0 amide bonds. The summed E-state index contributed by atoms with van der Waals surface area (Å²) in [7, 11) is 0. The van der Waals surface area contributed by atoms with Gasteiger partial charge in [-0.2, -0.15) is 0 Å².